The molecule has 2 aromatic rings. The highest BCUT2D eigenvalue weighted by molar-refractivity contribution is 6.31. The standard InChI is InChI=1S/C23H29ClN2O2/c1-4-13-25-23(28)21(5-2)26(16-19-11-6-7-12-20(19)24)22(27)15-18-10-8-9-17(3)14-18/h6-12,14,21H,4-5,13,15-16H2,1-3H3,(H,25,28)/t21-/m1/s1. The van der Waals surface area contributed by atoms with Gasteiger partial charge in [0.2, 0.25) is 11.8 Å². The maximum atomic E-state index is 13.2. The Morgan fingerprint density at radius 2 is 1.86 bits per heavy atom. The van der Waals surface area contributed by atoms with Gasteiger partial charge in [-0.3, -0.25) is 9.59 Å². The molecular weight excluding hydrogens is 372 g/mol. The van der Waals surface area contributed by atoms with Crippen LogP contribution in [0, 0.1) is 6.92 Å². The highest BCUT2D eigenvalue weighted by Crippen LogP contribution is 2.20. The zero-order valence-corrected chi connectivity index (χ0v) is 17.6. The van der Waals surface area contributed by atoms with Crippen molar-refractivity contribution in [3.05, 3.63) is 70.2 Å². The lowest BCUT2D eigenvalue weighted by Crippen LogP contribution is -2.49. The molecule has 0 aliphatic heterocycles. The Balaban J connectivity index is 2.29. The van der Waals surface area contributed by atoms with Crippen molar-refractivity contribution in [2.24, 2.45) is 0 Å². The molecule has 2 aromatic carbocycles. The largest absolute Gasteiger partial charge is 0.354 e. The fourth-order valence-electron chi connectivity index (χ4n) is 3.19. The Kier molecular flexibility index (Phi) is 8.52. The van der Waals surface area contributed by atoms with Gasteiger partial charge in [0.05, 0.1) is 6.42 Å². The second-order valence-corrected chi connectivity index (χ2v) is 7.40. The third-order valence-corrected chi connectivity index (χ3v) is 5.04. The van der Waals surface area contributed by atoms with Crippen LogP contribution in [0.25, 0.3) is 0 Å². The zero-order valence-electron chi connectivity index (χ0n) is 16.9. The number of nitrogens with zero attached hydrogens (tertiary/aromatic N) is 1. The van der Waals surface area contributed by atoms with Crippen LogP contribution < -0.4 is 5.32 Å². The van der Waals surface area contributed by atoms with Crippen molar-refractivity contribution in [2.45, 2.75) is 52.6 Å². The molecule has 28 heavy (non-hydrogen) atoms. The van der Waals surface area contributed by atoms with Crippen LogP contribution >= 0.6 is 11.6 Å². The number of rotatable bonds is 9. The lowest BCUT2D eigenvalue weighted by Gasteiger charge is -2.31. The van der Waals surface area contributed by atoms with E-state index < -0.39 is 6.04 Å². The third kappa shape index (κ3) is 6.10. The van der Waals surface area contributed by atoms with Gasteiger partial charge in [0.25, 0.3) is 0 Å². The van der Waals surface area contributed by atoms with Crippen molar-refractivity contribution in [2.75, 3.05) is 6.54 Å². The number of carbonyl (C=O) groups is 2. The van der Waals surface area contributed by atoms with Gasteiger partial charge in [-0.05, 0) is 37.0 Å². The molecular formula is C23H29ClN2O2. The Hall–Kier alpha value is -2.33. The molecule has 0 unspecified atom stereocenters. The summed E-state index contributed by atoms with van der Waals surface area (Å²) in [4.78, 5) is 27.6. The molecule has 0 fully saturated rings. The number of nitrogens with one attached hydrogen (secondary N) is 1. The van der Waals surface area contributed by atoms with Gasteiger partial charge in [-0.2, -0.15) is 0 Å². The van der Waals surface area contributed by atoms with Gasteiger partial charge in [-0.1, -0.05) is 73.5 Å². The maximum absolute atomic E-state index is 13.2. The normalized spacial score (nSPS) is 11.7. The molecule has 0 aliphatic carbocycles. The van der Waals surface area contributed by atoms with E-state index >= 15 is 0 Å². The third-order valence-electron chi connectivity index (χ3n) is 4.67. The van der Waals surface area contributed by atoms with Crippen LogP contribution in [-0.2, 0) is 22.6 Å². The predicted octanol–water partition coefficient (Wildman–Crippen LogP) is 4.52. The first-order chi connectivity index (χ1) is 13.5. The maximum Gasteiger partial charge on any atom is 0.242 e. The SMILES string of the molecule is CCCNC(=O)[C@@H](CC)N(Cc1ccccc1Cl)C(=O)Cc1cccc(C)c1. The van der Waals surface area contributed by atoms with Crippen molar-refractivity contribution in [3.8, 4) is 0 Å². The Morgan fingerprint density at radius 1 is 1.11 bits per heavy atom. The summed E-state index contributed by atoms with van der Waals surface area (Å²) in [5.41, 5.74) is 2.89. The molecule has 2 amide bonds. The molecule has 1 N–H and O–H groups in total. The summed E-state index contributed by atoms with van der Waals surface area (Å²) < 4.78 is 0. The predicted molar refractivity (Wildman–Crippen MR) is 114 cm³/mol. The smallest absolute Gasteiger partial charge is 0.242 e. The minimum atomic E-state index is -0.528. The Bertz CT molecular complexity index is 807. The molecule has 0 aromatic heterocycles. The summed E-state index contributed by atoms with van der Waals surface area (Å²) in [6, 6.07) is 14.8. The van der Waals surface area contributed by atoms with E-state index in [0.29, 0.717) is 24.5 Å². The molecule has 0 spiro atoms. The fraction of sp³-hybridized carbons (Fsp3) is 0.391. The fourth-order valence-corrected chi connectivity index (χ4v) is 3.39. The number of hydrogen-bond donors (Lipinski definition) is 1. The van der Waals surface area contributed by atoms with Crippen LogP contribution in [0.5, 0.6) is 0 Å². The molecule has 0 aliphatic rings. The first kappa shape index (κ1) is 22.0. The van der Waals surface area contributed by atoms with Crippen LogP contribution in [0.2, 0.25) is 5.02 Å². The van der Waals surface area contributed by atoms with E-state index in [2.05, 4.69) is 5.32 Å². The molecule has 0 saturated heterocycles. The topological polar surface area (TPSA) is 49.4 Å². The van der Waals surface area contributed by atoms with E-state index in [9.17, 15) is 9.59 Å². The Labute approximate surface area is 172 Å². The molecule has 0 saturated carbocycles. The minimum Gasteiger partial charge on any atom is -0.354 e. The van der Waals surface area contributed by atoms with E-state index in [0.717, 1.165) is 23.1 Å². The molecule has 0 radical (unpaired) electrons. The highest BCUT2D eigenvalue weighted by Gasteiger charge is 2.28. The molecule has 0 bridgehead atoms. The summed E-state index contributed by atoms with van der Waals surface area (Å²) in [5.74, 6) is -0.196. The summed E-state index contributed by atoms with van der Waals surface area (Å²) in [6.45, 7) is 6.84. The second kappa shape index (κ2) is 10.9. The number of benzene rings is 2. The van der Waals surface area contributed by atoms with Crippen LogP contribution in [0.15, 0.2) is 48.5 Å². The lowest BCUT2D eigenvalue weighted by molar-refractivity contribution is -0.140. The average Bonchev–Trinajstić information content (AvgIpc) is 2.67. The van der Waals surface area contributed by atoms with E-state index in [1.807, 2.05) is 63.2 Å². The lowest BCUT2D eigenvalue weighted by atomic mass is 10.1. The monoisotopic (exact) mass is 400 g/mol. The van der Waals surface area contributed by atoms with Crippen LogP contribution in [0.3, 0.4) is 0 Å². The van der Waals surface area contributed by atoms with Gasteiger partial charge in [-0.15, -0.1) is 0 Å². The second-order valence-electron chi connectivity index (χ2n) is 6.99. The van der Waals surface area contributed by atoms with Crippen LogP contribution in [0.4, 0.5) is 0 Å². The van der Waals surface area contributed by atoms with E-state index in [1.165, 1.54) is 0 Å². The summed E-state index contributed by atoms with van der Waals surface area (Å²) in [7, 11) is 0. The van der Waals surface area contributed by atoms with E-state index in [-0.39, 0.29) is 18.2 Å². The van der Waals surface area contributed by atoms with Crippen molar-refractivity contribution in [1.29, 1.82) is 0 Å². The molecule has 150 valence electrons. The summed E-state index contributed by atoms with van der Waals surface area (Å²) in [5, 5.41) is 3.52. The number of halogens is 1. The van der Waals surface area contributed by atoms with Gasteiger partial charge in [-0.25, -0.2) is 0 Å². The quantitative estimate of drug-likeness (QED) is 0.672. The highest BCUT2D eigenvalue weighted by atomic mass is 35.5. The molecule has 1 atom stereocenters. The molecule has 5 heteroatoms. The van der Waals surface area contributed by atoms with E-state index in [1.54, 1.807) is 11.0 Å². The Morgan fingerprint density at radius 3 is 2.50 bits per heavy atom. The summed E-state index contributed by atoms with van der Waals surface area (Å²) in [6.07, 6.45) is 1.65. The van der Waals surface area contributed by atoms with Gasteiger partial charge in [0.15, 0.2) is 0 Å². The molecule has 2 rings (SSSR count). The van der Waals surface area contributed by atoms with Crippen LogP contribution in [0.1, 0.15) is 43.4 Å². The average molecular weight is 401 g/mol. The number of amides is 2. The molecule has 0 heterocycles. The number of hydrogen-bond acceptors (Lipinski definition) is 2. The van der Waals surface area contributed by atoms with Gasteiger partial charge in [0.1, 0.15) is 6.04 Å². The van der Waals surface area contributed by atoms with Crippen LogP contribution in [-0.4, -0.2) is 29.3 Å². The first-order valence-electron chi connectivity index (χ1n) is 9.82. The van der Waals surface area contributed by atoms with Gasteiger partial charge < -0.3 is 10.2 Å². The van der Waals surface area contributed by atoms with Gasteiger partial charge >= 0.3 is 0 Å². The number of carbonyl (C=O) groups excluding carboxylic acids is 2. The van der Waals surface area contributed by atoms with Crippen molar-refractivity contribution in [3.63, 3.8) is 0 Å². The van der Waals surface area contributed by atoms with E-state index in [4.69, 9.17) is 11.6 Å². The van der Waals surface area contributed by atoms with Crippen molar-refractivity contribution < 1.29 is 9.59 Å². The summed E-state index contributed by atoms with van der Waals surface area (Å²) >= 11 is 6.33. The first-order valence-corrected chi connectivity index (χ1v) is 10.2. The minimum absolute atomic E-state index is 0.0796. The van der Waals surface area contributed by atoms with Crippen molar-refractivity contribution >= 4 is 23.4 Å². The number of aryl methyl sites for hydroxylation is 1. The molecule has 4 nitrogen and oxygen atoms in total. The van der Waals surface area contributed by atoms with Crippen molar-refractivity contribution in [1.82, 2.24) is 10.2 Å². The zero-order chi connectivity index (χ0) is 20.5. The van der Waals surface area contributed by atoms with Gasteiger partial charge in [0, 0.05) is 18.1 Å².